The fourth-order valence-corrected chi connectivity index (χ4v) is 1.24. The standard InChI is InChI=1S/C10H8N2O/c1-7-2-3-10-8(4-7)5-9(6-13)11-12-10/h2-6H,1H3. The molecule has 0 bridgehead atoms. The Kier molecular flexibility index (Phi) is 1.77. The van der Waals surface area contributed by atoms with Crippen molar-refractivity contribution in [3.8, 4) is 0 Å². The largest absolute Gasteiger partial charge is 0.296 e. The molecule has 2 rings (SSSR count). The summed E-state index contributed by atoms with van der Waals surface area (Å²) in [5.41, 5.74) is 2.34. The van der Waals surface area contributed by atoms with E-state index in [0.717, 1.165) is 16.5 Å². The quantitative estimate of drug-likeness (QED) is 0.615. The number of hydrogen-bond acceptors (Lipinski definition) is 3. The van der Waals surface area contributed by atoms with Crippen molar-refractivity contribution in [2.45, 2.75) is 6.92 Å². The number of aryl methyl sites for hydroxylation is 1. The van der Waals surface area contributed by atoms with Crippen molar-refractivity contribution in [1.29, 1.82) is 0 Å². The third-order valence-corrected chi connectivity index (χ3v) is 1.88. The number of aromatic nitrogens is 2. The first kappa shape index (κ1) is 7.86. The Bertz CT molecular complexity index is 465. The summed E-state index contributed by atoms with van der Waals surface area (Å²) in [6.45, 7) is 2.00. The molecular formula is C10H8N2O. The molecule has 0 spiro atoms. The van der Waals surface area contributed by atoms with Gasteiger partial charge in [0.25, 0.3) is 0 Å². The molecule has 0 N–H and O–H groups in total. The van der Waals surface area contributed by atoms with Gasteiger partial charge in [0, 0.05) is 5.39 Å². The lowest BCUT2D eigenvalue weighted by Gasteiger charge is -1.97. The molecule has 0 aliphatic heterocycles. The van der Waals surface area contributed by atoms with Crippen molar-refractivity contribution < 1.29 is 4.79 Å². The van der Waals surface area contributed by atoms with Crippen molar-refractivity contribution >= 4 is 17.2 Å². The predicted molar refractivity (Wildman–Crippen MR) is 49.7 cm³/mol. The van der Waals surface area contributed by atoms with E-state index in [-0.39, 0.29) is 0 Å². The SMILES string of the molecule is Cc1ccc2nnc(C=O)cc2c1. The van der Waals surface area contributed by atoms with Gasteiger partial charge in [-0.2, -0.15) is 0 Å². The summed E-state index contributed by atoms with van der Waals surface area (Å²) in [5.74, 6) is 0. The van der Waals surface area contributed by atoms with Gasteiger partial charge in [0.1, 0.15) is 5.69 Å². The third-order valence-electron chi connectivity index (χ3n) is 1.88. The molecule has 0 saturated carbocycles. The van der Waals surface area contributed by atoms with Crippen molar-refractivity contribution in [3.63, 3.8) is 0 Å². The second-order valence-electron chi connectivity index (χ2n) is 2.95. The topological polar surface area (TPSA) is 42.9 Å². The van der Waals surface area contributed by atoms with E-state index in [1.54, 1.807) is 6.07 Å². The summed E-state index contributed by atoms with van der Waals surface area (Å²) in [7, 11) is 0. The predicted octanol–water partition coefficient (Wildman–Crippen LogP) is 1.75. The number of hydrogen-bond donors (Lipinski definition) is 0. The summed E-state index contributed by atoms with van der Waals surface area (Å²) in [6, 6.07) is 7.59. The monoisotopic (exact) mass is 172 g/mol. The average molecular weight is 172 g/mol. The molecule has 0 amide bonds. The Morgan fingerprint density at radius 3 is 2.85 bits per heavy atom. The normalized spacial score (nSPS) is 10.2. The number of nitrogens with zero attached hydrogens (tertiary/aromatic N) is 2. The van der Waals surface area contributed by atoms with Crippen LogP contribution in [0.15, 0.2) is 24.3 Å². The van der Waals surface area contributed by atoms with Crippen LogP contribution in [0.25, 0.3) is 10.9 Å². The molecule has 0 aliphatic carbocycles. The Labute approximate surface area is 75.4 Å². The van der Waals surface area contributed by atoms with Gasteiger partial charge in [0.05, 0.1) is 5.52 Å². The Hall–Kier alpha value is -1.77. The van der Waals surface area contributed by atoms with Gasteiger partial charge in [0.2, 0.25) is 0 Å². The van der Waals surface area contributed by atoms with Crippen LogP contribution in [0, 0.1) is 6.92 Å². The highest BCUT2D eigenvalue weighted by atomic mass is 16.1. The van der Waals surface area contributed by atoms with Crippen LogP contribution in [0.4, 0.5) is 0 Å². The number of rotatable bonds is 1. The molecule has 1 aromatic carbocycles. The molecule has 0 fully saturated rings. The number of aldehydes is 1. The highest BCUT2D eigenvalue weighted by Gasteiger charge is 1.97. The number of fused-ring (bicyclic) bond motifs is 1. The van der Waals surface area contributed by atoms with Crippen LogP contribution in [0.5, 0.6) is 0 Å². The summed E-state index contributed by atoms with van der Waals surface area (Å²) in [4.78, 5) is 10.4. The van der Waals surface area contributed by atoms with E-state index in [0.29, 0.717) is 12.0 Å². The first-order valence-corrected chi connectivity index (χ1v) is 3.99. The molecule has 64 valence electrons. The smallest absolute Gasteiger partial charge is 0.170 e. The summed E-state index contributed by atoms with van der Waals surface area (Å²) >= 11 is 0. The lowest BCUT2D eigenvalue weighted by Crippen LogP contribution is -1.91. The zero-order valence-corrected chi connectivity index (χ0v) is 7.19. The first-order valence-electron chi connectivity index (χ1n) is 3.99. The minimum atomic E-state index is 0.373. The van der Waals surface area contributed by atoms with Crippen molar-refractivity contribution in [2.75, 3.05) is 0 Å². The van der Waals surface area contributed by atoms with E-state index in [2.05, 4.69) is 10.2 Å². The van der Waals surface area contributed by atoms with Crippen molar-refractivity contribution in [1.82, 2.24) is 10.2 Å². The molecule has 13 heavy (non-hydrogen) atoms. The zero-order chi connectivity index (χ0) is 9.26. The van der Waals surface area contributed by atoms with Crippen molar-refractivity contribution in [2.24, 2.45) is 0 Å². The van der Waals surface area contributed by atoms with Gasteiger partial charge < -0.3 is 0 Å². The van der Waals surface area contributed by atoms with Gasteiger partial charge in [-0.15, -0.1) is 10.2 Å². The molecule has 3 heteroatoms. The Balaban J connectivity index is 2.74. The molecule has 0 unspecified atom stereocenters. The maximum absolute atomic E-state index is 10.4. The van der Waals surface area contributed by atoms with Gasteiger partial charge in [-0.05, 0) is 25.1 Å². The van der Waals surface area contributed by atoms with Crippen LogP contribution in [-0.2, 0) is 0 Å². The highest BCUT2D eigenvalue weighted by molar-refractivity contribution is 5.84. The van der Waals surface area contributed by atoms with Gasteiger partial charge in [0.15, 0.2) is 6.29 Å². The van der Waals surface area contributed by atoms with E-state index >= 15 is 0 Å². The van der Waals surface area contributed by atoms with Crippen LogP contribution in [0.3, 0.4) is 0 Å². The molecule has 3 nitrogen and oxygen atoms in total. The van der Waals surface area contributed by atoms with Gasteiger partial charge in [-0.3, -0.25) is 4.79 Å². The molecule has 0 atom stereocenters. The maximum Gasteiger partial charge on any atom is 0.170 e. The lowest BCUT2D eigenvalue weighted by molar-refractivity contribution is 0.111. The summed E-state index contributed by atoms with van der Waals surface area (Å²) in [6.07, 6.45) is 0.703. The van der Waals surface area contributed by atoms with Gasteiger partial charge >= 0.3 is 0 Å². The highest BCUT2D eigenvalue weighted by Crippen LogP contribution is 2.12. The molecule has 0 saturated heterocycles. The van der Waals surface area contributed by atoms with E-state index in [9.17, 15) is 4.79 Å². The third kappa shape index (κ3) is 1.40. The molecule has 0 radical (unpaired) electrons. The number of benzene rings is 1. The average Bonchev–Trinajstić information content (AvgIpc) is 2.16. The van der Waals surface area contributed by atoms with E-state index in [1.807, 2.05) is 25.1 Å². The molecule has 1 heterocycles. The van der Waals surface area contributed by atoms with Crippen molar-refractivity contribution in [3.05, 3.63) is 35.5 Å². The van der Waals surface area contributed by atoms with Crippen LogP contribution in [-0.4, -0.2) is 16.5 Å². The second-order valence-corrected chi connectivity index (χ2v) is 2.95. The summed E-state index contributed by atoms with van der Waals surface area (Å²) < 4.78 is 0. The van der Waals surface area contributed by atoms with Gasteiger partial charge in [-0.1, -0.05) is 11.6 Å². The minimum Gasteiger partial charge on any atom is -0.296 e. The zero-order valence-electron chi connectivity index (χ0n) is 7.19. The second kappa shape index (κ2) is 2.94. The molecule has 2 aromatic rings. The molecule has 0 aliphatic rings. The number of carbonyl (C=O) groups is 1. The molecular weight excluding hydrogens is 164 g/mol. The fraction of sp³-hybridized carbons (Fsp3) is 0.100. The minimum absolute atomic E-state index is 0.373. The van der Waals surface area contributed by atoms with E-state index in [1.165, 1.54) is 0 Å². The van der Waals surface area contributed by atoms with Crippen LogP contribution in [0.1, 0.15) is 16.1 Å². The van der Waals surface area contributed by atoms with Crippen LogP contribution < -0.4 is 0 Å². The Morgan fingerprint density at radius 1 is 1.23 bits per heavy atom. The van der Waals surface area contributed by atoms with E-state index in [4.69, 9.17) is 0 Å². The Morgan fingerprint density at radius 2 is 2.08 bits per heavy atom. The lowest BCUT2D eigenvalue weighted by atomic mass is 10.1. The van der Waals surface area contributed by atoms with Crippen LogP contribution in [0.2, 0.25) is 0 Å². The van der Waals surface area contributed by atoms with E-state index < -0.39 is 0 Å². The summed E-state index contributed by atoms with van der Waals surface area (Å²) in [5, 5.41) is 8.60. The first-order chi connectivity index (χ1) is 6.29. The van der Waals surface area contributed by atoms with Crippen LogP contribution >= 0.6 is 0 Å². The fourth-order valence-electron chi connectivity index (χ4n) is 1.24. The maximum atomic E-state index is 10.4. The number of carbonyl (C=O) groups excluding carboxylic acids is 1. The van der Waals surface area contributed by atoms with Gasteiger partial charge in [-0.25, -0.2) is 0 Å². The molecule has 1 aromatic heterocycles.